The molecule has 64 valence electrons. The van der Waals surface area contributed by atoms with Gasteiger partial charge >= 0.3 is 0 Å². The van der Waals surface area contributed by atoms with Gasteiger partial charge in [0.2, 0.25) is 0 Å². The molecule has 0 saturated carbocycles. The van der Waals surface area contributed by atoms with E-state index in [1.54, 1.807) is 0 Å². The van der Waals surface area contributed by atoms with Gasteiger partial charge in [-0.2, -0.15) is 5.26 Å². The quantitative estimate of drug-likeness (QED) is 0.640. The van der Waals surface area contributed by atoms with E-state index < -0.39 is 5.54 Å². The smallest absolute Gasteiger partial charge is 0.101 e. The van der Waals surface area contributed by atoms with Crippen molar-refractivity contribution in [2.45, 2.75) is 19.4 Å². The van der Waals surface area contributed by atoms with Gasteiger partial charge in [-0.25, -0.2) is 0 Å². The molecule has 0 aliphatic carbocycles. The van der Waals surface area contributed by atoms with Crippen LogP contribution in [0.2, 0.25) is 0 Å². The van der Waals surface area contributed by atoms with Crippen LogP contribution in [0.15, 0.2) is 0 Å². The van der Waals surface area contributed by atoms with E-state index in [-0.39, 0.29) is 0 Å². The van der Waals surface area contributed by atoms with Crippen LogP contribution in [0, 0.1) is 11.3 Å². The highest BCUT2D eigenvalue weighted by Gasteiger charge is 2.13. The first-order valence-electron chi connectivity index (χ1n) is 3.79. The fraction of sp³-hybridized carbons (Fsp3) is 0.875. The third-order valence-electron chi connectivity index (χ3n) is 1.41. The van der Waals surface area contributed by atoms with Crippen LogP contribution in [0.1, 0.15) is 13.8 Å². The molecular weight excluding hydrogens is 138 g/mol. The Morgan fingerprint density at radius 3 is 2.36 bits per heavy atom. The third-order valence-corrected chi connectivity index (χ3v) is 1.41. The summed E-state index contributed by atoms with van der Waals surface area (Å²) in [6.07, 6.45) is 0. The van der Waals surface area contributed by atoms with E-state index in [4.69, 9.17) is 5.26 Å². The van der Waals surface area contributed by atoms with Gasteiger partial charge in [-0.3, -0.25) is 5.32 Å². The molecule has 0 bridgehead atoms. The SMILES string of the molecule is CN(C)CCNC(C)(C)C#N. The van der Waals surface area contributed by atoms with Crippen molar-refractivity contribution in [2.24, 2.45) is 0 Å². The summed E-state index contributed by atoms with van der Waals surface area (Å²) in [5.74, 6) is 0. The standard InChI is InChI=1S/C8H17N3/c1-8(2,7-9)10-5-6-11(3)4/h10H,5-6H2,1-4H3. The lowest BCUT2D eigenvalue weighted by atomic mass is 10.1. The predicted molar refractivity (Wildman–Crippen MR) is 46.2 cm³/mol. The Hall–Kier alpha value is -0.590. The highest BCUT2D eigenvalue weighted by Crippen LogP contribution is 1.96. The topological polar surface area (TPSA) is 39.1 Å². The van der Waals surface area contributed by atoms with Gasteiger partial charge in [-0.15, -0.1) is 0 Å². The molecule has 3 heteroatoms. The average molecular weight is 155 g/mol. The van der Waals surface area contributed by atoms with Gasteiger partial charge in [0, 0.05) is 13.1 Å². The summed E-state index contributed by atoms with van der Waals surface area (Å²) < 4.78 is 0. The molecule has 0 aromatic heterocycles. The maximum atomic E-state index is 8.63. The number of nitriles is 1. The van der Waals surface area contributed by atoms with Crippen molar-refractivity contribution < 1.29 is 0 Å². The van der Waals surface area contributed by atoms with Crippen LogP contribution in [0.3, 0.4) is 0 Å². The molecule has 0 saturated heterocycles. The Balaban J connectivity index is 3.48. The van der Waals surface area contributed by atoms with Crippen LogP contribution in [-0.2, 0) is 0 Å². The number of hydrogen-bond donors (Lipinski definition) is 1. The van der Waals surface area contributed by atoms with Crippen LogP contribution in [0.5, 0.6) is 0 Å². The second kappa shape index (κ2) is 4.32. The highest BCUT2D eigenvalue weighted by atomic mass is 15.1. The number of nitrogens with zero attached hydrogens (tertiary/aromatic N) is 2. The molecule has 1 N–H and O–H groups in total. The second-order valence-electron chi connectivity index (χ2n) is 3.47. The summed E-state index contributed by atoms with van der Waals surface area (Å²) in [6, 6.07) is 2.19. The number of hydrogen-bond acceptors (Lipinski definition) is 3. The van der Waals surface area contributed by atoms with Gasteiger partial charge in [-0.05, 0) is 27.9 Å². The van der Waals surface area contributed by atoms with E-state index in [1.807, 2.05) is 27.9 Å². The van der Waals surface area contributed by atoms with E-state index in [9.17, 15) is 0 Å². The lowest BCUT2D eigenvalue weighted by molar-refractivity contribution is 0.373. The minimum absolute atomic E-state index is 0.393. The number of nitrogens with one attached hydrogen (secondary N) is 1. The molecule has 0 radical (unpaired) electrons. The van der Waals surface area contributed by atoms with Crippen molar-refractivity contribution in [3.05, 3.63) is 0 Å². The first kappa shape index (κ1) is 10.4. The lowest BCUT2D eigenvalue weighted by Gasteiger charge is -2.18. The predicted octanol–water partition coefficient (Wildman–Crippen LogP) is 0.440. The fourth-order valence-corrected chi connectivity index (χ4v) is 0.632. The van der Waals surface area contributed by atoms with Crippen molar-refractivity contribution in [1.82, 2.24) is 10.2 Å². The van der Waals surface area contributed by atoms with Crippen molar-refractivity contribution in [2.75, 3.05) is 27.2 Å². The van der Waals surface area contributed by atoms with E-state index in [1.165, 1.54) is 0 Å². The molecule has 0 unspecified atom stereocenters. The fourth-order valence-electron chi connectivity index (χ4n) is 0.632. The molecule has 11 heavy (non-hydrogen) atoms. The molecule has 0 aromatic carbocycles. The van der Waals surface area contributed by atoms with Crippen LogP contribution in [-0.4, -0.2) is 37.6 Å². The number of likely N-dealkylation sites (N-methyl/N-ethyl adjacent to an activating group) is 1. The molecule has 0 aromatic rings. The third kappa shape index (κ3) is 5.84. The highest BCUT2D eigenvalue weighted by molar-refractivity contribution is 4.99. The minimum atomic E-state index is -0.393. The minimum Gasteiger partial charge on any atom is -0.308 e. The average Bonchev–Trinajstić information content (AvgIpc) is 1.87. The zero-order chi connectivity index (χ0) is 8.91. The summed E-state index contributed by atoms with van der Waals surface area (Å²) in [4.78, 5) is 2.08. The molecule has 0 spiro atoms. The summed E-state index contributed by atoms with van der Waals surface area (Å²) >= 11 is 0. The molecule has 0 aliphatic rings. The van der Waals surface area contributed by atoms with Crippen LogP contribution >= 0.6 is 0 Å². The summed E-state index contributed by atoms with van der Waals surface area (Å²) in [5.41, 5.74) is -0.393. The van der Waals surface area contributed by atoms with Crippen LogP contribution in [0.4, 0.5) is 0 Å². The lowest BCUT2D eigenvalue weighted by Crippen LogP contribution is -2.41. The van der Waals surface area contributed by atoms with Gasteiger partial charge in [0.25, 0.3) is 0 Å². The first-order valence-corrected chi connectivity index (χ1v) is 3.79. The molecule has 0 amide bonds. The van der Waals surface area contributed by atoms with E-state index in [0.717, 1.165) is 13.1 Å². The summed E-state index contributed by atoms with van der Waals surface area (Å²) in [5, 5.41) is 11.8. The molecule has 3 nitrogen and oxygen atoms in total. The summed E-state index contributed by atoms with van der Waals surface area (Å²) in [7, 11) is 4.03. The Kier molecular flexibility index (Phi) is 4.09. The Morgan fingerprint density at radius 2 is 2.00 bits per heavy atom. The molecule has 0 fully saturated rings. The Labute approximate surface area is 69.0 Å². The van der Waals surface area contributed by atoms with E-state index in [0.29, 0.717) is 0 Å². The van der Waals surface area contributed by atoms with Crippen molar-refractivity contribution in [1.29, 1.82) is 5.26 Å². The molecule has 0 rings (SSSR count). The van der Waals surface area contributed by atoms with Gasteiger partial charge in [0.15, 0.2) is 0 Å². The molecule has 0 aliphatic heterocycles. The first-order chi connectivity index (χ1) is 4.98. The second-order valence-corrected chi connectivity index (χ2v) is 3.47. The van der Waals surface area contributed by atoms with E-state index >= 15 is 0 Å². The largest absolute Gasteiger partial charge is 0.308 e. The van der Waals surface area contributed by atoms with Gasteiger partial charge in [-0.1, -0.05) is 0 Å². The van der Waals surface area contributed by atoms with Gasteiger partial charge in [0.1, 0.15) is 5.54 Å². The van der Waals surface area contributed by atoms with Gasteiger partial charge in [0.05, 0.1) is 6.07 Å². The van der Waals surface area contributed by atoms with Gasteiger partial charge < -0.3 is 4.90 Å². The van der Waals surface area contributed by atoms with Crippen molar-refractivity contribution in [3.63, 3.8) is 0 Å². The van der Waals surface area contributed by atoms with Crippen molar-refractivity contribution >= 4 is 0 Å². The zero-order valence-electron chi connectivity index (χ0n) is 7.81. The van der Waals surface area contributed by atoms with Crippen molar-refractivity contribution in [3.8, 4) is 6.07 Å². The Bertz CT molecular complexity index is 144. The normalized spacial score (nSPS) is 11.6. The maximum absolute atomic E-state index is 8.63. The summed E-state index contributed by atoms with van der Waals surface area (Å²) in [6.45, 7) is 5.57. The Morgan fingerprint density at radius 1 is 1.45 bits per heavy atom. The van der Waals surface area contributed by atoms with E-state index in [2.05, 4.69) is 16.3 Å². The number of rotatable bonds is 4. The molecule has 0 atom stereocenters. The molecule has 0 heterocycles. The maximum Gasteiger partial charge on any atom is 0.101 e. The van der Waals surface area contributed by atoms with Crippen LogP contribution in [0.25, 0.3) is 0 Å². The van der Waals surface area contributed by atoms with Crippen LogP contribution < -0.4 is 5.32 Å². The molecular formula is C8H17N3. The zero-order valence-corrected chi connectivity index (χ0v) is 7.81. The monoisotopic (exact) mass is 155 g/mol.